The average molecular weight is 456 g/mol. The fourth-order valence-corrected chi connectivity index (χ4v) is 4.42. The Morgan fingerprint density at radius 2 is 2.26 bits per heavy atom. The van der Waals surface area contributed by atoms with E-state index in [0.717, 1.165) is 11.4 Å². The van der Waals surface area contributed by atoms with Crippen molar-refractivity contribution in [2.45, 2.75) is 37.6 Å². The van der Waals surface area contributed by atoms with Crippen molar-refractivity contribution in [1.82, 2.24) is 19.7 Å². The van der Waals surface area contributed by atoms with Gasteiger partial charge in [-0.15, -0.1) is 0 Å². The first-order valence-electron chi connectivity index (χ1n) is 10.3. The van der Waals surface area contributed by atoms with E-state index in [1.165, 1.54) is 10.9 Å². The topological polar surface area (TPSA) is 91.7 Å². The molecule has 2 fully saturated rings. The van der Waals surface area contributed by atoms with E-state index in [4.69, 9.17) is 21.1 Å². The zero-order valence-electron chi connectivity index (χ0n) is 16.9. The number of halogens is 3. The Morgan fingerprint density at radius 1 is 1.42 bits per heavy atom. The van der Waals surface area contributed by atoms with E-state index in [1.54, 1.807) is 11.1 Å². The Kier molecular flexibility index (Phi) is 5.27. The Hall–Kier alpha value is -2.37. The first kappa shape index (κ1) is 20.5. The summed E-state index contributed by atoms with van der Waals surface area (Å²) in [7, 11) is 0. The highest BCUT2D eigenvalue weighted by molar-refractivity contribution is 6.32. The van der Waals surface area contributed by atoms with Crippen LogP contribution in [0.15, 0.2) is 23.5 Å². The van der Waals surface area contributed by atoms with Crippen molar-refractivity contribution in [1.29, 1.82) is 0 Å². The number of anilines is 2. The molecule has 3 N–H and O–H groups in total. The first-order valence-corrected chi connectivity index (χ1v) is 10.7. The summed E-state index contributed by atoms with van der Waals surface area (Å²) in [6.07, 6.45) is 2.89. The predicted octanol–water partition coefficient (Wildman–Crippen LogP) is 2.75. The highest BCUT2D eigenvalue weighted by atomic mass is 35.5. The van der Waals surface area contributed by atoms with Gasteiger partial charge in [0.1, 0.15) is 11.9 Å². The number of H-pyrrole nitrogens is 1. The van der Waals surface area contributed by atoms with E-state index in [9.17, 15) is 8.78 Å². The largest absolute Gasteiger partial charge is 0.478 e. The number of nitrogens with zero attached hydrogens (tertiary/aromatic N) is 4. The molecule has 1 unspecified atom stereocenters. The highest BCUT2D eigenvalue weighted by Gasteiger charge is 2.49. The standard InChI is InChI=1S/C19H24ClF2N7O2/c1-2-31-17-12-3-5-23-16(12)26-18(27-17)25-13-7-24-29(15(13)20)14-4-6-28(10-19(14,21)22)11-8-30-9-11/h3,5,7,11,14,18,23,25-26H,2,4,6,8-10H2,1H3/t14-,18?/m1/s1. The molecule has 0 aliphatic carbocycles. The fraction of sp³-hybridized carbons (Fsp3) is 0.579. The van der Waals surface area contributed by atoms with Crippen LogP contribution in [-0.4, -0.2) is 76.7 Å². The van der Waals surface area contributed by atoms with Crippen molar-refractivity contribution in [3.05, 3.63) is 29.2 Å². The minimum Gasteiger partial charge on any atom is -0.478 e. The molecule has 168 valence electrons. The van der Waals surface area contributed by atoms with E-state index >= 15 is 0 Å². The van der Waals surface area contributed by atoms with Crippen molar-refractivity contribution in [2.24, 2.45) is 4.99 Å². The lowest BCUT2D eigenvalue weighted by atomic mass is 9.99. The van der Waals surface area contributed by atoms with Crippen molar-refractivity contribution in [3.8, 4) is 0 Å². The van der Waals surface area contributed by atoms with Crippen LogP contribution in [0.4, 0.5) is 20.3 Å². The molecule has 2 saturated heterocycles. The molecule has 9 nitrogen and oxygen atoms in total. The fourth-order valence-electron chi connectivity index (χ4n) is 4.15. The lowest BCUT2D eigenvalue weighted by molar-refractivity contribution is -0.149. The smallest absolute Gasteiger partial charge is 0.282 e. The molecule has 0 bridgehead atoms. The number of ether oxygens (including phenoxy) is 2. The van der Waals surface area contributed by atoms with Gasteiger partial charge in [-0.25, -0.2) is 18.5 Å². The monoisotopic (exact) mass is 455 g/mol. The van der Waals surface area contributed by atoms with Gasteiger partial charge < -0.3 is 25.1 Å². The maximum Gasteiger partial charge on any atom is 0.282 e. The van der Waals surface area contributed by atoms with Gasteiger partial charge in [0.05, 0.1) is 49.9 Å². The first-order chi connectivity index (χ1) is 15.0. The van der Waals surface area contributed by atoms with Crippen molar-refractivity contribution >= 4 is 29.0 Å². The van der Waals surface area contributed by atoms with E-state index < -0.39 is 18.3 Å². The number of hydrogen-bond donors (Lipinski definition) is 3. The zero-order chi connectivity index (χ0) is 21.6. The second-order valence-corrected chi connectivity index (χ2v) is 8.20. The lowest BCUT2D eigenvalue weighted by Crippen LogP contribution is -2.58. The molecule has 2 aromatic rings. The average Bonchev–Trinajstić information content (AvgIpc) is 3.28. The third kappa shape index (κ3) is 3.74. The predicted molar refractivity (Wildman–Crippen MR) is 112 cm³/mol. The van der Waals surface area contributed by atoms with Gasteiger partial charge in [-0.1, -0.05) is 11.6 Å². The van der Waals surface area contributed by atoms with Gasteiger partial charge in [0, 0.05) is 12.7 Å². The number of aromatic amines is 1. The van der Waals surface area contributed by atoms with Crippen LogP contribution in [-0.2, 0) is 9.47 Å². The molecule has 5 rings (SSSR count). The molecule has 31 heavy (non-hydrogen) atoms. The molecular weight excluding hydrogens is 432 g/mol. The Morgan fingerprint density at radius 3 is 2.97 bits per heavy atom. The molecule has 2 aromatic heterocycles. The third-order valence-corrected chi connectivity index (χ3v) is 6.21. The van der Waals surface area contributed by atoms with Crippen molar-refractivity contribution in [3.63, 3.8) is 0 Å². The van der Waals surface area contributed by atoms with Gasteiger partial charge >= 0.3 is 0 Å². The van der Waals surface area contributed by atoms with Crippen LogP contribution < -0.4 is 10.6 Å². The number of alkyl halides is 2. The molecular formula is C19H24ClF2N7O2. The molecule has 0 radical (unpaired) electrons. The van der Waals surface area contributed by atoms with Crippen LogP contribution >= 0.6 is 11.6 Å². The third-order valence-electron chi connectivity index (χ3n) is 5.84. The van der Waals surface area contributed by atoms with Crippen LogP contribution in [0.5, 0.6) is 0 Å². The molecule has 3 aliphatic heterocycles. The molecule has 12 heteroatoms. The number of piperidine rings is 1. The highest BCUT2D eigenvalue weighted by Crippen LogP contribution is 2.40. The summed E-state index contributed by atoms with van der Waals surface area (Å²) in [5, 5.41) is 10.6. The molecule has 0 saturated carbocycles. The Bertz CT molecular complexity index is 974. The second-order valence-electron chi connectivity index (χ2n) is 7.85. The normalized spacial score (nSPS) is 25.9. The summed E-state index contributed by atoms with van der Waals surface area (Å²) in [4.78, 5) is 9.39. The van der Waals surface area contributed by atoms with Crippen molar-refractivity contribution in [2.75, 3.05) is 43.5 Å². The number of aliphatic imine (C=N–C) groups is 1. The van der Waals surface area contributed by atoms with Crippen LogP contribution in [0.25, 0.3) is 0 Å². The second kappa shape index (κ2) is 7.95. The Labute approximate surface area is 182 Å². The number of aromatic nitrogens is 3. The van der Waals surface area contributed by atoms with Crippen LogP contribution in [0.1, 0.15) is 24.9 Å². The molecule has 2 atom stereocenters. The molecule has 3 aliphatic rings. The zero-order valence-corrected chi connectivity index (χ0v) is 17.7. The molecule has 0 spiro atoms. The van der Waals surface area contributed by atoms with Crippen LogP contribution in [0.3, 0.4) is 0 Å². The quantitative estimate of drug-likeness (QED) is 0.642. The summed E-state index contributed by atoms with van der Waals surface area (Å²) < 4.78 is 41.9. The SMILES string of the molecule is CCOC1=NC(Nc2cnn([C@@H]3CCN(C4COC4)CC3(F)F)c2Cl)Nc2[nH]ccc21. The van der Waals surface area contributed by atoms with Gasteiger partial charge in [0.15, 0.2) is 11.4 Å². The number of likely N-dealkylation sites (tertiary alicyclic amines) is 1. The van der Waals surface area contributed by atoms with Gasteiger partial charge in [-0.3, -0.25) is 4.90 Å². The van der Waals surface area contributed by atoms with E-state index in [-0.39, 0.29) is 24.2 Å². The molecule has 0 aromatic carbocycles. The number of fused-ring (bicyclic) bond motifs is 1. The Balaban J connectivity index is 1.32. The van der Waals surface area contributed by atoms with Gasteiger partial charge in [0.25, 0.3) is 5.92 Å². The molecule has 0 amide bonds. The van der Waals surface area contributed by atoms with E-state index in [1.807, 2.05) is 13.0 Å². The van der Waals surface area contributed by atoms with Crippen molar-refractivity contribution < 1.29 is 18.3 Å². The summed E-state index contributed by atoms with van der Waals surface area (Å²) in [5.41, 5.74) is 1.24. The van der Waals surface area contributed by atoms with Gasteiger partial charge in [-0.2, -0.15) is 5.10 Å². The maximum absolute atomic E-state index is 15.0. The minimum atomic E-state index is -2.96. The van der Waals surface area contributed by atoms with E-state index in [0.29, 0.717) is 38.0 Å². The number of rotatable bonds is 5. The number of nitrogens with one attached hydrogen (secondary N) is 3. The van der Waals surface area contributed by atoms with Crippen LogP contribution in [0, 0.1) is 0 Å². The van der Waals surface area contributed by atoms with E-state index in [2.05, 4.69) is 25.7 Å². The van der Waals surface area contributed by atoms with Gasteiger partial charge in [0.2, 0.25) is 5.90 Å². The lowest BCUT2D eigenvalue weighted by Gasteiger charge is -2.44. The minimum absolute atomic E-state index is 0.0739. The van der Waals surface area contributed by atoms with Crippen LogP contribution in [0.2, 0.25) is 5.15 Å². The summed E-state index contributed by atoms with van der Waals surface area (Å²) in [6.45, 7) is 3.60. The summed E-state index contributed by atoms with van der Waals surface area (Å²) in [6, 6.07) is 0.830. The van der Waals surface area contributed by atoms with Gasteiger partial charge in [-0.05, 0) is 19.4 Å². The number of hydrogen-bond acceptors (Lipinski definition) is 7. The maximum atomic E-state index is 15.0. The summed E-state index contributed by atoms with van der Waals surface area (Å²) in [5.74, 6) is -1.72. The molecule has 5 heterocycles. The summed E-state index contributed by atoms with van der Waals surface area (Å²) >= 11 is 6.47.